The van der Waals surface area contributed by atoms with E-state index in [2.05, 4.69) is 157 Å². The highest BCUT2D eigenvalue weighted by Crippen LogP contribution is 2.47. The third-order valence-electron chi connectivity index (χ3n) is 9.85. The Bertz CT molecular complexity index is 2840. The van der Waals surface area contributed by atoms with Crippen LogP contribution in [0.2, 0.25) is 0 Å². The van der Waals surface area contributed by atoms with Crippen LogP contribution in [0, 0.1) is 0 Å². The number of rotatable bonds is 6. The highest BCUT2D eigenvalue weighted by atomic mass is 16.3. The zero-order chi connectivity index (χ0) is 34.4. The summed E-state index contributed by atoms with van der Waals surface area (Å²) in [6.07, 6.45) is 0. The Hall–Kier alpha value is -7.04. The van der Waals surface area contributed by atoms with Crippen LogP contribution in [0.1, 0.15) is 0 Å². The lowest BCUT2D eigenvalue weighted by Gasteiger charge is -2.28. The average Bonchev–Trinajstić information content (AvgIpc) is 3.61. The fourth-order valence-corrected chi connectivity index (χ4v) is 7.47. The van der Waals surface area contributed by atoms with Crippen LogP contribution < -0.4 is 4.90 Å². The fraction of sp³-hybridized carbons (Fsp3) is 0. The van der Waals surface area contributed by atoms with E-state index >= 15 is 0 Å². The van der Waals surface area contributed by atoms with E-state index in [0.717, 1.165) is 77.9 Å². The first-order valence-electron chi connectivity index (χ1n) is 17.5. The largest absolute Gasteiger partial charge is 0.455 e. The quantitative estimate of drug-likeness (QED) is 0.177. The van der Waals surface area contributed by atoms with Crippen LogP contribution in [0.5, 0.6) is 0 Å². The van der Waals surface area contributed by atoms with E-state index in [-0.39, 0.29) is 0 Å². The molecule has 0 radical (unpaired) electrons. The zero-order valence-electron chi connectivity index (χ0n) is 28.1. The second-order valence-corrected chi connectivity index (χ2v) is 13.0. The smallest absolute Gasteiger partial charge is 0.160 e. The van der Waals surface area contributed by atoms with Gasteiger partial charge in [-0.05, 0) is 41.8 Å². The molecule has 2 heterocycles. The van der Waals surface area contributed by atoms with Crippen LogP contribution >= 0.6 is 0 Å². The maximum atomic E-state index is 6.81. The van der Waals surface area contributed by atoms with Gasteiger partial charge in [-0.15, -0.1) is 0 Å². The van der Waals surface area contributed by atoms with Gasteiger partial charge in [0.1, 0.15) is 11.2 Å². The Labute approximate surface area is 300 Å². The summed E-state index contributed by atoms with van der Waals surface area (Å²) >= 11 is 0. The van der Waals surface area contributed by atoms with Crippen LogP contribution in [0.4, 0.5) is 17.1 Å². The fourth-order valence-electron chi connectivity index (χ4n) is 7.47. The lowest BCUT2D eigenvalue weighted by Crippen LogP contribution is -2.11. The summed E-state index contributed by atoms with van der Waals surface area (Å²) in [6, 6.07) is 65.5. The van der Waals surface area contributed by atoms with Gasteiger partial charge < -0.3 is 9.32 Å². The van der Waals surface area contributed by atoms with Crippen molar-refractivity contribution in [2.75, 3.05) is 4.90 Å². The lowest BCUT2D eigenvalue weighted by atomic mass is 9.98. The van der Waals surface area contributed by atoms with Gasteiger partial charge in [0.25, 0.3) is 0 Å². The van der Waals surface area contributed by atoms with Crippen molar-refractivity contribution >= 4 is 60.5 Å². The van der Waals surface area contributed by atoms with Gasteiger partial charge in [-0.1, -0.05) is 152 Å². The van der Waals surface area contributed by atoms with Gasteiger partial charge in [0.15, 0.2) is 5.82 Å². The SMILES string of the molecule is c1ccc(-c2cc(-c3cccc4oc5c6ccccc6c(N(c6ccccc6)c6cccc7ccccc67)cc5c34)nc(-c3ccccc3)n2)cc1. The van der Waals surface area contributed by atoms with E-state index in [1.807, 2.05) is 36.4 Å². The first kappa shape index (κ1) is 29.8. The maximum absolute atomic E-state index is 6.81. The molecule has 2 aromatic heterocycles. The molecule has 0 aliphatic heterocycles. The lowest BCUT2D eigenvalue weighted by molar-refractivity contribution is 0.673. The Morgan fingerprint density at radius 1 is 0.423 bits per heavy atom. The van der Waals surface area contributed by atoms with Gasteiger partial charge in [0.2, 0.25) is 0 Å². The summed E-state index contributed by atoms with van der Waals surface area (Å²) in [5.41, 5.74) is 9.62. The van der Waals surface area contributed by atoms with Crippen molar-refractivity contribution in [1.29, 1.82) is 0 Å². The van der Waals surface area contributed by atoms with Gasteiger partial charge in [-0.25, -0.2) is 9.97 Å². The molecule has 10 rings (SSSR count). The normalized spacial score (nSPS) is 11.5. The van der Waals surface area contributed by atoms with Crippen molar-refractivity contribution in [1.82, 2.24) is 9.97 Å². The molecule has 52 heavy (non-hydrogen) atoms. The summed E-state index contributed by atoms with van der Waals surface area (Å²) in [4.78, 5) is 12.7. The predicted octanol–water partition coefficient (Wildman–Crippen LogP) is 13.2. The summed E-state index contributed by atoms with van der Waals surface area (Å²) in [7, 11) is 0. The van der Waals surface area contributed by atoms with Crippen molar-refractivity contribution in [2.45, 2.75) is 0 Å². The van der Waals surface area contributed by atoms with Crippen LogP contribution in [0.3, 0.4) is 0 Å². The Morgan fingerprint density at radius 2 is 1.04 bits per heavy atom. The van der Waals surface area contributed by atoms with Gasteiger partial charge in [0.05, 0.1) is 22.8 Å². The number of furan rings is 1. The highest BCUT2D eigenvalue weighted by Gasteiger charge is 2.23. The minimum Gasteiger partial charge on any atom is -0.455 e. The molecule has 0 N–H and O–H groups in total. The molecule has 0 atom stereocenters. The third-order valence-corrected chi connectivity index (χ3v) is 9.85. The molecule has 10 aromatic rings. The molecule has 0 saturated carbocycles. The molecule has 4 heteroatoms. The molecule has 244 valence electrons. The van der Waals surface area contributed by atoms with E-state index in [9.17, 15) is 0 Å². The summed E-state index contributed by atoms with van der Waals surface area (Å²) < 4.78 is 6.81. The van der Waals surface area contributed by atoms with Crippen LogP contribution in [-0.4, -0.2) is 9.97 Å². The van der Waals surface area contributed by atoms with Gasteiger partial charge in [0, 0.05) is 49.3 Å². The molecule has 0 saturated heterocycles. The summed E-state index contributed by atoms with van der Waals surface area (Å²) in [5.74, 6) is 0.680. The summed E-state index contributed by atoms with van der Waals surface area (Å²) in [5, 5.41) is 6.57. The highest BCUT2D eigenvalue weighted by molar-refractivity contribution is 6.23. The van der Waals surface area contributed by atoms with Crippen molar-refractivity contribution in [2.24, 2.45) is 0 Å². The van der Waals surface area contributed by atoms with E-state index in [0.29, 0.717) is 5.82 Å². The number of fused-ring (bicyclic) bond motifs is 6. The van der Waals surface area contributed by atoms with Crippen molar-refractivity contribution in [3.05, 3.63) is 188 Å². The second kappa shape index (κ2) is 12.4. The van der Waals surface area contributed by atoms with Crippen LogP contribution in [-0.2, 0) is 0 Å². The Morgan fingerprint density at radius 3 is 1.83 bits per heavy atom. The number of aromatic nitrogens is 2. The average molecular weight is 666 g/mol. The molecular weight excluding hydrogens is 635 g/mol. The summed E-state index contributed by atoms with van der Waals surface area (Å²) in [6.45, 7) is 0. The first-order chi connectivity index (χ1) is 25.8. The van der Waals surface area contributed by atoms with Gasteiger partial charge in [-0.2, -0.15) is 0 Å². The van der Waals surface area contributed by atoms with Crippen molar-refractivity contribution < 1.29 is 4.42 Å². The Kier molecular flexibility index (Phi) is 7.10. The molecule has 0 aliphatic carbocycles. The minimum absolute atomic E-state index is 0.680. The molecule has 0 bridgehead atoms. The molecule has 0 fully saturated rings. The monoisotopic (exact) mass is 665 g/mol. The van der Waals surface area contributed by atoms with Crippen LogP contribution in [0.25, 0.3) is 77.4 Å². The maximum Gasteiger partial charge on any atom is 0.160 e. The molecule has 8 aromatic carbocycles. The molecule has 0 unspecified atom stereocenters. The number of benzene rings is 8. The Balaban J connectivity index is 1.28. The second-order valence-electron chi connectivity index (χ2n) is 13.0. The molecule has 0 spiro atoms. The first-order valence-corrected chi connectivity index (χ1v) is 17.5. The molecule has 0 aliphatic rings. The molecular formula is C48H31N3O. The van der Waals surface area contributed by atoms with E-state index in [1.165, 1.54) is 10.8 Å². The minimum atomic E-state index is 0.680. The topological polar surface area (TPSA) is 42.2 Å². The van der Waals surface area contributed by atoms with E-state index < -0.39 is 0 Å². The molecule has 0 amide bonds. The van der Waals surface area contributed by atoms with Crippen molar-refractivity contribution in [3.8, 4) is 33.9 Å². The van der Waals surface area contributed by atoms with E-state index in [4.69, 9.17) is 14.4 Å². The number of para-hydroxylation sites is 1. The van der Waals surface area contributed by atoms with E-state index in [1.54, 1.807) is 0 Å². The number of anilines is 3. The number of hydrogen-bond acceptors (Lipinski definition) is 4. The van der Waals surface area contributed by atoms with Crippen LogP contribution in [0.15, 0.2) is 192 Å². The predicted molar refractivity (Wildman–Crippen MR) is 215 cm³/mol. The van der Waals surface area contributed by atoms with Crippen molar-refractivity contribution in [3.63, 3.8) is 0 Å². The molecule has 4 nitrogen and oxygen atoms in total. The standard InChI is InChI=1S/C48H31N3O/c1-4-17-33(18-5-1)41-31-42(50-48(49-41)34-19-6-2-7-20-34)39-27-15-29-45-46(39)40-30-44(37-25-12-13-26-38(37)47(40)52-45)51(35-22-8-3-9-23-35)43-28-14-21-32-16-10-11-24-36(32)43/h1-31H. The number of nitrogens with zero attached hydrogens (tertiary/aromatic N) is 3. The van der Waals surface area contributed by atoms with Gasteiger partial charge >= 0.3 is 0 Å². The number of hydrogen-bond donors (Lipinski definition) is 0. The zero-order valence-corrected chi connectivity index (χ0v) is 28.1. The van der Waals surface area contributed by atoms with Gasteiger partial charge in [-0.3, -0.25) is 0 Å². The third kappa shape index (κ3) is 5.00.